The van der Waals surface area contributed by atoms with E-state index in [1.807, 2.05) is 54.6 Å². The maximum absolute atomic E-state index is 12.7. The summed E-state index contributed by atoms with van der Waals surface area (Å²) in [5.74, 6) is -0.236. The van der Waals surface area contributed by atoms with Crippen LogP contribution in [0.4, 0.5) is 5.69 Å². The Bertz CT molecular complexity index is 1180. The van der Waals surface area contributed by atoms with Gasteiger partial charge in [-0.25, -0.2) is 0 Å². The van der Waals surface area contributed by atoms with Crippen molar-refractivity contribution in [3.63, 3.8) is 0 Å². The molecule has 5 heteroatoms. The van der Waals surface area contributed by atoms with Crippen LogP contribution in [0.5, 0.6) is 0 Å². The van der Waals surface area contributed by atoms with Gasteiger partial charge in [0, 0.05) is 18.6 Å². The van der Waals surface area contributed by atoms with E-state index in [1.54, 1.807) is 24.8 Å². The van der Waals surface area contributed by atoms with E-state index in [4.69, 9.17) is 5.73 Å². The Morgan fingerprint density at radius 2 is 1.70 bits per heavy atom. The average Bonchev–Trinajstić information content (AvgIpc) is 2.79. The summed E-state index contributed by atoms with van der Waals surface area (Å²) < 4.78 is 0. The van der Waals surface area contributed by atoms with Crippen LogP contribution >= 0.6 is 0 Å². The number of amides is 1. The number of hydrogen-bond donors (Lipinski definition) is 2. The van der Waals surface area contributed by atoms with Gasteiger partial charge in [-0.2, -0.15) is 0 Å². The van der Waals surface area contributed by atoms with E-state index in [9.17, 15) is 4.79 Å². The molecule has 0 fully saturated rings. The van der Waals surface area contributed by atoms with Gasteiger partial charge in [-0.1, -0.05) is 54.6 Å². The van der Waals surface area contributed by atoms with Gasteiger partial charge in [-0.15, -0.1) is 0 Å². The molecule has 0 saturated heterocycles. The molecule has 0 radical (unpaired) electrons. The maximum atomic E-state index is 12.7. The smallest absolute Gasteiger partial charge is 0.241 e. The maximum Gasteiger partial charge on any atom is 0.241 e. The van der Waals surface area contributed by atoms with E-state index in [2.05, 4.69) is 33.5 Å². The third-order valence-electron chi connectivity index (χ3n) is 4.86. The lowest BCUT2D eigenvalue weighted by atomic mass is 9.99. The third-order valence-corrected chi connectivity index (χ3v) is 4.86. The number of carbonyl (C=O) groups excluding carboxylic acids is 1. The van der Waals surface area contributed by atoms with E-state index in [-0.39, 0.29) is 5.91 Å². The van der Waals surface area contributed by atoms with E-state index < -0.39 is 6.04 Å². The van der Waals surface area contributed by atoms with Crippen LogP contribution in [-0.4, -0.2) is 21.9 Å². The molecule has 4 aromatic rings. The molecular weight excluding hydrogens is 372 g/mol. The van der Waals surface area contributed by atoms with Crippen LogP contribution in [0, 0.1) is 0 Å². The molecule has 3 N–H and O–H groups in total. The van der Waals surface area contributed by atoms with Gasteiger partial charge in [-0.3, -0.25) is 14.8 Å². The van der Waals surface area contributed by atoms with Crippen LogP contribution in [0.2, 0.25) is 0 Å². The second-order valence-corrected chi connectivity index (χ2v) is 7.06. The van der Waals surface area contributed by atoms with Crippen molar-refractivity contribution in [3.8, 4) is 0 Å². The van der Waals surface area contributed by atoms with Crippen molar-refractivity contribution in [2.24, 2.45) is 5.73 Å². The standard InChI is InChI=1S/C25H22N4O/c26-24(15-21-6-3-5-20-4-1-2-7-23(20)21)25(30)29-22-14-19(16-28-17-22)9-8-18-10-12-27-13-11-18/h1-14,16-17,24H,15,26H2,(H,29,30)/b9-8+/t24-/m0/s1. The van der Waals surface area contributed by atoms with E-state index in [0.717, 1.165) is 27.5 Å². The molecule has 0 aliphatic rings. The molecule has 2 heterocycles. The second kappa shape index (κ2) is 9.11. The number of benzene rings is 2. The monoisotopic (exact) mass is 394 g/mol. The fourth-order valence-electron chi connectivity index (χ4n) is 3.32. The van der Waals surface area contributed by atoms with Gasteiger partial charge in [0.25, 0.3) is 0 Å². The molecule has 0 saturated carbocycles. The number of anilines is 1. The number of nitrogens with two attached hydrogens (primary N) is 1. The van der Waals surface area contributed by atoms with E-state index in [1.165, 1.54) is 0 Å². The molecule has 2 aromatic carbocycles. The molecule has 1 atom stereocenters. The Morgan fingerprint density at radius 3 is 2.57 bits per heavy atom. The van der Waals surface area contributed by atoms with E-state index >= 15 is 0 Å². The summed E-state index contributed by atoms with van der Waals surface area (Å²) in [5.41, 5.74) is 9.80. The molecule has 1 amide bonds. The van der Waals surface area contributed by atoms with Crippen molar-refractivity contribution in [3.05, 3.63) is 102 Å². The molecule has 2 aromatic heterocycles. The van der Waals surface area contributed by atoms with Crippen molar-refractivity contribution < 1.29 is 4.79 Å². The largest absolute Gasteiger partial charge is 0.323 e. The molecule has 0 aliphatic heterocycles. The number of fused-ring (bicyclic) bond motifs is 1. The molecule has 148 valence electrons. The highest BCUT2D eigenvalue weighted by Gasteiger charge is 2.16. The van der Waals surface area contributed by atoms with Gasteiger partial charge >= 0.3 is 0 Å². The van der Waals surface area contributed by atoms with Gasteiger partial charge in [0.15, 0.2) is 0 Å². The van der Waals surface area contributed by atoms with Crippen molar-refractivity contribution in [2.75, 3.05) is 5.32 Å². The van der Waals surface area contributed by atoms with Gasteiger partial charge < -0.3 is 11.1 Å². The van der Waals surface area contributed by atoms with Gasteiger partial charge in [0.1, 0.15) is 0 Å². The topological polar surface area (TPSA) is 80.9 Å². The number of carbonyl (C=O) groups is 1. The minimum absolute atomic E-state index is 0.236. The number of aromatic nitrogens is 2. The summed E-state index contributed by atoms with van der Waals surface area (Å²) in [5, 5.41) is 5.14. The molecule has 0 spiro atoms. The molecule has 30 heavy (non-hydrogen) atoms. The molecular formula is C25H22N4O. The zero-order chi connectivity index (χ0) is 20.8. The summed E-state index contributed by atoms with van der Waals surface area (Å²) >= 11 is 0. The minimum Gasteiger partial charge on any atom is -0.323 e. The molecule has 0 bridgehead atoms. The first-order valence-electron chi connectivity index (χ1n) is 9.75. The lowest BCUT2D eigenvalue weighted by molar-refractivity contribution is -0.117. The zero-order valence-corrected chi connectivity index (χ0v) is 16.4. The van der Waals surface area contributed by atoms with Crippen molar-refractivity contribution in [1.29, 1.82) is 0 Å². The van der Waals surface area contributed by atoms with Crippen molar-refractivity contribution in [1.82, 2.24) is 9.97 Å². The molecule has 0 unspecified atom stereocenters. The highest BCUT2D eigenvalue weighted by atomic mass is 16.2. The van der Waals surface area contributed by atoms with Crippen molar-refractivity contribution >= 4 is 34.5 Å². The van der Waals surface area contributed by atoms with Crippen LogP contribution < -0.4 is 11.1 Å². The SMILES string of the molecule is N[C@@H](Cc1cccc2ccccc12)C(=O)Nc1cncc(/C=C/c2ccncc2)c1. The average molecular weight is 394 g/mol. The quantitative estimate of drug-likeness (QED) is 0.511. The summed E-state index contributed by atoms with van der Waals surface area (Å²) in [7, 11) is 0. The van der Waals surface area contributed by atoms with Gasteiger partial charge in [0.05, 0.1) is 17.9 Å². The summed E-state index contributed by atoms with van der Waals surface area (Å²) in [6.45, 7) is 0. The Morgan fingerprint density at radius 1 is 0.933 bits per heavy atom. The van der Waals surface area contributed by atoms with Gasteiger partial charge in [0.2, 0.25) is 5.91 Å². The van der Waals surface area contributed by atoms with Crippen molar-refractivity contribution in [2.45, 2.75) is 12.5 Å². The predicted octanol–water partition coefficient (Wildman–Crippen LogP) is 4.31. The normalized spacial score (nSPS) is 12.2. The highest BCUT2D eigenvalue weighted by molar-refractivity contribution is 5.95. The first kappa shape index (κ1) is 19.5. The second-order valence-electron chi connectivity index (χ2n) is 7.06. The first-order valence-corrected chi connectivity index (χ1v) is 9.75. The molecule has 4 rings (SSSR count). The predicted molar refractivity (Wildman–Crippen MR) is 122 cm³/mol. The molecule has 5 nitrogen and oxygen atoms in total. The number of hydrogen-bond acceptors (Lipinski definition) is 4. The zero-order valence-electron chi connectivity index (χ0n) is 16.4. The summed E-state index contributed by atoms with van der Waals surface area (Å²) in [4.78, 5) is 20.9. The lowest BCUT2D eigenvalue weighted by Gasteiger charge is -2.14. The third kappa shape index (κ3) is 4.77. The van der Waals surface area contributed by atoms with Crippen LogP contribution in [-0.2, 0) is 11.2 Å². The number of rotatable bonds is 6. The van der Waals surface area contributed by atoms with E-state index in [0.29, 0.717) is 12.1 Å². The van der Waals surface area contributed by atoms with Crippen LogP contribution in [0.1, 0.15) is 16.7 Å². The first-order chi connectivity index (χ1) is 14.7. The van der Waals surface area contributed by atoms with Gasteiger partial charge in [-0.05, 0) is 52.1 Å². The highest BCUT2D eigenvalue weighted by Crippen LogP contribution is 2.20. The van der Waals surface area contributed by atoms with Crippen LogP contribution in [0.15, 0.2) is 85.5 Å². The van der Waals surface area contributed by atoms with Crippen LogP contribution in [0.25, 0.3) is 22.9 Å². The van der Waals surface area contributed by atoms with Crippen LogP contribution in [0.3, 0.4) is 0 Å². The lowest BCUT2D eigenvalue weighted by Crippen LogP contribution is -2.37. The fraction of sp³-hybridized carbons (Fsp3) is 0.0800. The summed E-state index contributed by atoms with van der Waals surface area (Å²) in [6.07, 6.45) is 11.2. The Hall–Kier alpha value is -3.83. The number of pyridine rings is 2. The summed E-state index contributed by atoms with van der Waals surface area (Å²) in [6, 6.07) is 19.2. The number of nitrogens with one attached hydrogen (secondary N) is 1. The Labute approximate surface area is 175 Å². The minimum atomic E-state index is -0.660. The molecule has 0 aliphatic carbocycles. The number of nitrogens with zero attached hydrogens (tertiary/aromatic N) is 2. The fourth-order valence-corrected chi connectivity index (χ4v) is 3.32. The Balaban J connectivity index is 1.44. The Kier molecular flexibility index (Phi) is 5.92.